The molecule has 4 heterocycles. The van der Waals surface area contributed by atoms with E-state index in [1.165, 1.54) is 0 Å². The zero-order valence-electron chi connectivity index (χ0n) is 19.3. The fourth-order valence-electron chi connectivity index (χ4n) is 3.83. The van der Waals surface area contributed by atoms with Crippen LogP contribution >= 0.6 is 15.6 Å². The summed E-state index contributed by atoms with van der Waals surface area (Å²) in [5.41, 5.74) is 4.51. The quantitative estimate of drug-likeness (QED) is 0.124. The normalized spacial score (nSPS) is 36.6. The summed E-state index contributed by atoms with van der Waals surface area (Å²) in [6, 6.07) is 0. The van der Waals surface area contributed by atoms with E-state index in [1.54, 1.807) is 0 Å². The minimum absolute atomic E-state index is 0.124. The number of imidazole rings is 1. The molecule has 2 aromatic rings. The van der Waals surface area contributed by atoms with Crippen molar-refractivity contribution in [2.45, 2.75) is 55.3 Å². The van der Waals surface area contributed by atoms with Gasteiger partial charge in [-0.2, -0.15) is 9.29 Å². The van der Waals surface area contributed by atoms with E-state index in [0.29, 0.717) is 0 Å². The third-order valence-corrected chi connectivity index (χ3v) is 8.31. The van der Waals surface area contributed by atoms with Crippen molar-refractivity contribution in [1.82, 2.24) is 19.5 Å². The molecule has 2 saturated heterocycles. The molecule has 0 bridgehead atoms. The van der Waals surface area contributed by atoms with Crippen molar-refractivity contribution in [2.75, 3.05) is 18.9 Å². The first-order valence-corrected chi connectivity index (χ1v) is 13.8. The molecule has 20 nitrogen and oxygen atoms in total. The first kappa shape index (κ1) is 30.0. The molecule has 0 spiro atoms. The number of aliphatic hydroxyl groups excluding tert-OH is 5. The molecule has 0 saturated carbocycles. The Kier molecular flexibility index (Phi) is 8.58. The largest absolute Gasteiger partial charge is 0.483 e. The molecule has 10 N–H and O–H groups in total. The van der Waals surface area contributed by atoms with Gasteiger partial charge >= 0.3 is 15.6 Å². The van der Waals surface area contributed by atoms with Crippen LogP contribution in [-0.2, 0) is 32.0 Å². The molecule has 0 aliphatic carbocycles. The molecule has 0 amide bonds. The third kappa shape index (κ3) is 6.21. The third-order valence-electron chi connectivity index (χ3n) is 5.71. The molecular formula is C16H24FN5O15P2. The van der Waals surface area contributed by atoms with Gasteiger partial charge in [0.25, 0.3) is 5.56 Å². The standard InChI is InChI=1S/C16H24FN5O15P2/c17-6-10(26)8(24)4(1-23)35-15(6)36-39(31,32)37-38(29,30)33-2-5-9(25)11(27)14(34-5)22-3-19-7-12(22)20-16(18)21-13(7)28/h3-6,8-11,14-15,23-27H,1-2H2,(H,29,30)(H,31,32)(H3,18,20,21,28)/t4-,5-,6-,8+,9+,10-,11-,14-,15-/m1/s1. The number of rotatable bonds is 9. The summed E-state index contributed by atoms with van der Waals surface area (Å²) >= 11 is 0. The maximum atomic E-state index is 14.2. The van der Waals surface area contributed by atoms with Gasteiger partial charge in [0.15, 0.2) is 23.6 Å². The first-order chi connectivity index (χ1) is 18.1. The lowest BCUT2D eigenvalue weighted by atomic mass is 10.0. The van der Waals surface area contributed by atoms with Crippen molar-refractivity contribution >= 4 is 32.8 Å². The number of hydrogen-bond acceptors (Lipinski definition) is 16. The topological polar surface area (TPSA) is 311 Å². The molecule has 39 heavy (non-hydrogen) atoms. The van der Waals surface area contributed by atoms with Crippen molar-refractivity contribution in [3.05, 3.63) is 16.7 Å². The summed E-state index contributed by atoms with van der Waals surface area (Å²) < 4.78 is 62.8. The van der Waals surface area contributed by atoms with Crippen LogP contribution in [0.25, 0.3) is 11.2 Å². The highest BCUT2D eigenvalue weighted by atomic mass is 31.3. The van der Waals surface area contributed by atoms with E-state index in [0.717, 1.165) is 10.9 Å². The Labute approximate surface area is 215 Å². The van der Waals surface area contributed by atoms with Gasteiger partial charge in [0.2, 0.25) is 12.2 Å². The van der Waals surface area contributed by atoms with Crippen molar-refractivity contribution in [3.63, 3.8) is 0 Å². The minimum Gasteiger partial charge on any atom is -0.394 e. The molecule has 2 aromatic heterocycles. The van der Waals surface area contributed by atoms with Crippen molar-refractivity contribution < 1.29 is 71.7 Å². The predicted molar refractivity (Wildman–Crippen MR) is 119 cm³/mol. The number of aromatic nitrogens is 4. The van der Waals surface area contributed by atoms with Crippen LogP contribution < -0.4 is 11.3 Å². The second kappa shape index (κ2) is 11.1. The maximum Gasteiger partial charge on any atom is 0.483 e. The van der Waals surface area contributed by atoms with Crippen molar-refractivity contribution in [2.24, 2.45) is 0 Å². The lowest BCUT2D eigenvalue weighted by Gasteiger charge is -2.38. The van der Waals surface area contributed by atoms with Crippen LogP contribution in [0.4, 0.5) is 10.3 Å². The number of alkyl halides is 1. The summed E-state index contributed by atoms with van der Waals surface area (Å²) in [6.07, 6.45) is -16.2. The maximum absolute atomic E-state index is 14.2. The predicted octanol–water partition coefficient (Wildman–Crippen LogP) is -3.65. The number of halogens is 1. The molecule has 4 rings (SSSR count). The highest BCUT2D eigenvalue weighted by molar-refractivity contribution is 7.61. The molecule has 0 aromatic carbocycles. The molecule has 2 aliphatic rings. The number of nitrogens with two attached hydrogens (primary N) is 1. The van der Waals surface area contributed by atoms with E-state index in [1.807, 2.05) is 0 Å². The lowest BCUT2D eigenvalue weighted by molar-refractivity contribution is -0.265. The van der Waals surface area contributed by atoms with E-state index in [9.17, 15) is 48.5 Å². The number of fused-ring (bicyclic) bond motifs is 1. The Morgan fingerprint density at radius 2 is 1.74 bits per heavy atom. The number of nitrogens with one attached hydrogen (secondary N) is 1. The first-order valence-electron chi connectivity index (χ1n) is 10.8. The summed E-state index contributed by atoms with van der Waals surface area (Å²) in [6.45, 7) is -1.97. The number of nitrogens with zero attached hydrogens (tertiary/aromatic N) is 3. The molecule has 220 valence electrons. The van der Waals surface area contributed by atoms with Gasteiger partial charge in [-0.25, -0.2) is 18.5 Å². The van der Waals surface area contributed by atoms with Gasteiger partial charge in [0.05, 0.1) is 19.5 Å². The van der Waals surface area contributed by atoms with Crippen LogP contribution in [0.5, 0.6) is 0 Å². The Balaban J connectivity index is 1.39. The number of nitrogen functional groups attached to an aromatic ring is 1. The molecule has 2 unspecified atom stereocenters. The van der Waals surface area contributed by atoms with Gasteiger partial charge in [-0.3, -0.25) is 23.4 Å². The molecule has 2 aliphatic heterocycles. The Morgan fingerprint density at radius 1 is 1.08 bits per heavy atom. The smallest absolute Gasteiger partial charge is 0.394 e. The molecule has 11 atom stereocenters. The Bertz CT molecular complexity index is 1340. The van der Waals surface area contributed by atoms with Gasteiger partial charge in [0, 0.05) is 0 Å². The van der Waals surface area contributed by atoms with Gasteiger partial charge in [-0.1, -0.05) is 0 Å². The van der Waals surface area contributed by atoms with Gasteiger partial charge in [-0.15, -0.1) is 0 Å². The molecule has 23 heteroatoms. The number of H-pyrrole nitrogens is 1. The summed E-state index contributed by atoms with van der Waals surface area (Å²) in [5.74, 6) is -0.286. The highest BCUT2D eigenvalue weighted by Crippen LogP contribution is 2.61. The second-order valence-electron chi connectivity index (χ2n) is 8.39. The van der Waals surface area contributed by atoms with Gasteiger partial charge in [0.1, 0.15) is 36.6 Å². The van der Waals surface area contributed by atoms with E-state index < -0.39 is 89.7 Å². The van der Waals surface area contributed by atoms with Crippen LogP contribution in [0.15, 0.2) is 11.1 Å². The fraction of sp³-hybridized carbons (Fsp3) is 0.688. The van der Waals surface area contributed by atoms with Crippen LogP contribution in [0.3, 0.4) is 0 Å². The number of phosphoric ester groups is 2. The summed E-state index contributed by atoms with van der Waals surface area (Å²) in [5, 5.41) is 49.1. The fourth-order valence-corrected chi connectivity index (χ4v) is 5.98. The van der Waals surface area contributed by atoms with Crippen molar-refractivity contribution in [1.29, 1.82) is 0 Å². The number of hydrogen-bond donors (Lipinski definition) is 9. The number of ether oxygens (including phenoxy) is 2. The van der Waals surface area contributed by atoms with E-state index in [4.69, 9.17) is 20.3 Å². The average molecular weight is 607 g/mol. The Hall–Kier alpha value is -1.94. The van der Waals surface area contributed by atoms with Gasteiger partial charge < -0.3 is 50.5 Å². The second-order valence-corrected chi connectivity index (χ2v) is 11.4. The van der Waals surface area contributed by atoms with E-state index in [2.05, 4.69) is 28.3 Å². The number of phosphoric acid groups is 2. The molecule has 2 fully saturated rings. The Morgan fingerprint density at radius 3 is 2.41 bits per heavy atom. The highest BCUT2D eigenvalue weighted by Gasteiger charge is 2.50. The number of anilines is 1. The summed E-state index contributed by atoms with van der Waals surface area (Å²) in [4.78, 5) is 41.5. The summed E-state index contributed by atoms with van der Waals surface area (Å²) in [7, 11) is -11.2. The van der Waals surface area contributed by atoms with Gasteiger partial charge in [-0.05, 0) is 0 Å². The van der Waals surface area contributed by atoms with Crippen LogP contribution in [-0.4, -0.2) is 117 Å². The average Bonchev–Trinajstić information content (AvgIpc) is 3.38. The minimum atomic E-state index is -5.68. The van der Waals surface area contributed by atoms with Crippen molar-refractivity contribution in [3.8, 4) is 0 Å². The van der Waals surface area contributed by atoms with E-state index in [-0.39, 0.29) is 17.1 Å². The zero-order valence-corrected chi connectivity index (χ0v) is 21.1. The number of aromatic amines is 1. The number of aliphatic hydroxyl groups is 5. The van der Waals surface area contributed by atoms with Crippen LogP contribution in [0.1, 0.15) is 6.23 Å². The SMILES string of the molecule is Nc1nc2c(ncn2[C@@H]2O[C@H](COP(=O)(O)OP(=O)(O)O[C@H]3O[C@H](CO)[C@H](O)[C@H](O)[C@H]3F)[C@H](O)[C@H]2O)c(=O)[nH]1. The molecule has 0 radical (unpaired) electrons. The van der Waals surface area contributed by atoms with Crippen LogP contribution in [0, 0.1) is 0 Å². The molecular weight excluding hydrogens is 583 g/mol. The zero-order chi connectivity index (χ0) is 28.9. The lowest BCUT2D eigenvalue weighted by Crippen LogP contribution is -2.57. The van der Waals surface area contributed by atoms with Crippen LogP contribution in [0.2, 0.25) is 0 Å². The van der Waals surface area contributed by atoms with E-state index >= 15 is 0 Å². The monoisotopic (exact) mass is 607 g/mol.